The number of aromatic nitrogens is 4. The number of nitrogens with one attached hydrogen (secondary N) is 3. The fraction of sp³-hybridized carbons (Fsp3) is 0.387. The van der Waals surface area contributed by atoms with Crippen molar-refractivity contribution >= 4 is 39.8 Å². The van der Waals surface area contributed by atoms with Gasteiger partial charge in [-0.1, -0.05) is 12.1 Å². The zero-order valence-corrected chi connectivity index (χ0v) is 24.2. The number of rotatable bonds is 6. The fourth-order valence-corrected chi connectivity index (χ4v) is 5.58. The Kier molecular flexibility index (Phi) is 7.66. The lowest BCUT2D eigenvalue weighted by Crippen LogP contribution is -2.41. The van der Waals surface area contributed by atoms with Crippen LogP contribution in [0.15, 0.2) is 53.7 Å². The molecule has 3 aromatic heterocycles. The predicted octanol–water partition coefficient (Wildman–Crippen LogP) is 5.17. The summed E-state index contributed by atoms with van der Waals surface area (Å²) in [6, 6.07) is 9.98. The first-order valence-electron chi connectivity index (χ1n) is 13.9. The van der Waals surface area contributed by atoms with E-state index in [1.807, 2.05) is 49.6 Å². The summed E-state index contributed by atoms with van der Waals surface area (Å²) in [6.07, 6.45) is 9.24. The van der Waals surface area contributed by atoms with Crippen LogP contribution in [0.2, 0.25) is 0 Å². The number of pyridine rings is 2. The highest BCUT2D eigenvalue weighted by Crippen LogP contribution is 2.34. The second-order valence-electron chi connectivity index (χ2n) is 11.6. The Morgan fingerprint density at radius 2 is 1.80 bits per heavy atom. The van der Waals surface area contributed by atoms with Gasteiger partial charge in [0.1, 0.15) is 5.60 Å². The molecule has 1 saturated carbocycles. The second kappa shape index (κ2) is 11.2. The highest BCUT2D eigenvalue weighted by molar-refractivity contribution is 6.07. The van der Waals surface area contributed by atoms with Crippen molar-refractivity contribution < 1.29 is 9.53 Å². The van der Waals surface area contributed by atoms with Gasteiger partial charge in [-0.05, 0) is 70.2 Å². The van der Waals surface area contributed by atoms with Crippen LogP contribution in [0.5, 0.6) is 0 Å². The molecule has 1 aromatic carbocycles. The molecule has 0 unspecified atom stereocenters. The maximum absolute atomic E-state index is 13.6. The van der Waals surface area contributed by atoms with Crippen LogP contribution in [-0.4, -0.2) is 50.1 Å². The molecule has 3 heterocycles. The van der Waals surface area contributed by atoms with E-state index in [0.29, 0.717) is 11.3 Å². The van der Waals surface area contributed by atoms with Gasteiger partial charge < -0.3 is 20.8 Å². The third-order valence-electron chi connectivity index (χ3n) is 7.55. The molecule has 10 nitrogen and oxygen atoms in total. The monoisotopic (exact) mass is 555 g/mol. The maximum atomic E-state index is 13.6. The van der Waals surface area contributed by atoms with E-state index in [9.17, 15) is 9.59 Å². The standard InChI is InChI=1S/C31H37N7O3/c1-31(2,3)41-29(39)36-22-8-10-23(11-9-22)38-28-24-14-19(6-13-26(24)35-18-27(28)37(5)30(38)40)20-7-12-25(34-17-20)21(15-32)16-33-4/h6-7,12-18,22-23,32-33H,8-11H2,1-5H3,(H,36,39)/b21-16+,32-15?. The van der Waals surface area contributed by atoms with Crippen LogP contribution >= 0.6 is 0 Å². The average Bonchev–Trinajstić information content (AvgIpc) is 3.21. The van der Waals surface area contributed by atoms with Gasteiger partial charge >= 0.3 is 11.8 Å². The Hall–Kier alpha value is -4.47. The minimum Gasteiger partial charge on any atom is -0.444 e. The highest BCUT2D eigenvalue weighted by atomic mass is 16.6. The maximum Gasteiger partial charge on any atom is 0.407 e. The van der Waals surface area contributed by atoms with Crippen molar-refractivity contribution in [1.29, 1.82) is 5.41 Å². The molecule has 1 aliphatic carbocycles. The molecule has 214 valence electrons. The Morgan fingerprint density at radius 1 is 1.07 bits per heavy atom. The van der Waals surface area contributed by atoms with Crippen molar-refractivity contribution in [2.24, 2.45) is 7.05 Å². The van der Waals surface area contributed by atoms with Crippen LogP contribution in [0.25, 0.3) is 38.6 Å². The smallest absolute Gasteiger partial charge is 0.407 e. The van der Waals surface area contributed by atoms with E-state index in [1.54, 1.807) is 37.3 Å². The molecular formula is C31H37N7O3. The Bertz CT molecular complexity index is 1690. The van der Waals surface area contributed by atoms with E-state index in [-0.39, 0.29) is 17.8 Å². The molecule has 0 radical (unpaired) electrons. The van der Waals surface area contributed by atoms with E-state index in [2.05, 4.69) is 26.7 Å². The van der Waals surface area contributed by atoms with Gasteiger partial charge in [0.2, 0.25) is 0 Å². The van der Waals surface area contributed by atoms with Crippen molar-refractivity contribution in [2.75, 3.05) is 7.05 Å². The molecule has 1 fully saturated rings. The van der Waals surface area contributed by atoms with Crippen LogP contribution < -0.4 is 16.3 Å². The van der Waals surface area contributed by atoms with E-state index >= 15 is 0 Å². The zero-order chi connectivity index (χ0) is 29.3. The Labute approximate surface area is 239 Å². The largest absolute Gasteiger partial charge is 0.444 e. The minimum atomic E-state index is -0.545. The number of benzene rings is 1. The summed E-state index contributed by atoms with van der Waals surface area (Å²) in [4.78, 5) is 35.1. The number of alkyl carbamates (subject to hydrolysis) is 1. The zero-order valence-electron chi connectivity index (χ0n) is 24.2. The predicted molar refractivity (Wildman–Crippen MR) is 162 cm³/mol. The molecule has 0 atom stereocenters. The van der Waals surface area contributed by atoms with Gasteiger partial charge in [0.15, 0.2) is 0 Å². The third-order valence-corrected chi connectivity index (χ3v) is 7.55. The number of fused-ring (bicyclic) bond motifs is 3. The van der Waals surface area contributed by atoms with Crippen molar-refractivity contribution in [3.8, 4) is 11.1 Å². The lowest BCUT2D eigenvalue weighted by Gasteiger charge is -2.30. The Morgan fingerprint density at radius 3 is 2.44 bits per heavy atom. The van der Waals surface area contributed by atoms with Gasteiger partial charge in [0.25, 0.3) is 0 Å². The number of ether oxygens (including phenoxy) is 1. The van der Waals surface area contributed by atoms with E-state index in [4.69, 9.17) is 10.1 Å². The molecule has 0 bridgehead atoms. The molecule has 0 saturated heterocycles. The number of amides is 1. The van der Waals surface area contributed by atoms with Crippen LogP contribution in [0.3, 0.4) is 0 Å². The number of allylic oxidation sites excluding steroid dienone is 1. The second-order valence-corrected chi connectivity index (χ2v) is 11.6. The fourth-order valence-electron chi connectivity index (χ4n) is 5.58. The van der Waals surface area contributed by atoms with Gasteiger partial charge in [-0.25, -0.2) is 9.59 Å². The number of carbonyl (C=O) groups excluding carboxylic acids is 1. The number of hydrogen-bond acceptors (Lipinski definition) is 7. The molecule has 41 heavy (non-hydrogen) atoms. The summed E-state index contributed by atoms with van der Waals surface area (Å²) in [5, 5.41) is 14.5. The van der Waals surface area contributed by atoms with Gasteiger partial charge in [0.05, 0.1) is 28.4 Å². The minimum absolute atomic E-state index is 0.0107. The normalized spacial score (nSPS) is 17.9. The van der Waals surface area contributed by atoms with Crippen molar-refractivity contribution in [3.05, 3.63) is 65.1 Å². The number of hydrogen-bond donors (Lipinski definition) is 3. The summed E-state index contributed by atoms with van der Waals surface area (Å²) >= 11 is 0. The van der Waals surface area contributed by atoms with E-state index < -0.39 is 11.7 Å². The molecular weight excluding hydrogens is 518 g/mol. The van der Waals surface area contributed by atoms with Gasteiger partial charge in [-0.15, -0.1) is 0 Å². The van der Waals surface area contributed by atoms with Crippen LogP contribution in [0, 0.1) is 5.41 Å². The highest BCUT2D eigenvalue weighted by Gasteiger charge is 2.28. The van der Waals surface area contributed by atoms with Crippen LogP contribution in [0.1, 0.15) is 58.2 Å². The van der Waals surface area contributed by atoms with Crippen LogP contribution in [-0.2, 0) is 11.8 Å². The summed E-state index contributed by atoms with van der Waals surface area (Å²) in [6.45, 7) is 5.55. The average molecular weight is 556 g/mol. The van der Waals surface area contributed by atoms with Gasteiger partial charge in [-0.2, -0.15) is 0 Å². The number of nitrogens with zero attached hydrogens (tertiary/aromatic N) is 4. The Balaban J connectivity index is 1.47. The quantitative estimate of drug-likeness (QED) is 0.282. The van der Waals surface area contributed by atoms with Crippen molar-refractivity contribution in [1.82, 2.24) is 29.7 Å². The van der Waals surface area contributed by atoms with Crippen LogP contribution in [0.4, 0.5) is 4.79 Å². The molecule has 5 rings (SSSR count). The number of aryl methyl sites for hydroxylation is 1. The third kappa shape index (κ3) is 5.73. The first-order valence-corrected chi connectivity index (χ1v) is 13.9. The SMILES string of the molecule is CN/C=C(\C=N)c1ccc(-c2ccc3ncc4c(c3c2)n(C2CCC(NC(=O)OC(C)(C)C)CC2)c(=O)n4C)cn1. The van der Waals surface area contributed by atoms with Gasteiger partial charge in [-0.3, -0.25) is 19.1 Å². The molecule has 10 heteroatoms. The lowest BCUT2D eigenvalue weighted by atomic mass is 9.91. The molecule has 0 aliphatic heterocycles. The topological polar surface area (TPSA) is 127 Å². The lowest BCUT2D eigenvalue weighted by molar-refractivity contribution is 0.0488. The van der Waals surface area contributed by atoms with Crippen molar-refractivity contribution in [2.45, 2.75) is 64.1 Å². The first-order chi connectivity index (χ1) is 19.6. The molecule has 4 aromatic rings. The number of imidazole rings is 1. The molecule has 3 N–H and O–H groups in total. The molecule has 0 spiro atoms. The summed E-state index contributed by atoms with van der Waals surface area (Å²) in [5.74, 6) is 0. The van der Waals surface area contributed by atoms with Gasteiger partial charge in [0, 0.05) is 61.3 Å². The van der Waals surface area contributed by atoms with E-state index in [1.165, 1.54) is 6.21 Å². The summed E-state index contributed by atoms with van der Waals surface area (Å²) in [7, 11) is 3.58. The van der Waals surface area contributed by atoms with E-state index in [0.717, 1.165) is 58.7 Å². The number of carbonyl (C=O) groups is 1. The molecule has 1 amide bonds. The van der Waals surface area contributed by atoms with Crippen molar-refractivity contribution in [3.63, 3.8) is 0 Å². The molecule has 1 aliphatic rings. The summed E-state index contributed by atoms with van der Waals surface area (Å²) < 4.78 is 9.02. The first kappa shape index (κ1) is 28.1. The summed E-state index contributed by atoms with van der Waals surface area (Å²) in [5.41, 5.74) is 5.16.